The minimum Gasteiger partial charge on any atom is -0.437 e. The van der Waals surface area contributed by atoms with Crippen LogP contribution < -0.4 is 4.74 Å². The molecule has 5 heteroatoms. The summed E-state index contributed by atoms with van der Waals surface area (Å²) in [6, 6.07) is 15.8. The van der Waals surface area contributed by atoms with E-state index in [4.69, 9.17) is 4.74 Å². The van der Waals surface area contributed by atoms with Gasteiger partial charge in [0.05, 0.1) is 0 Å². The minimum absolute atomic E-state index is 0.548. The van der Waals surface area contributed by atoms with E-state index in [0.29, 0.717) is 5.88 Å². The first-order valence-corrected chi connectivity index (χ1v) is 6.65. The monoisotopic (exact) mass is 276 g/mol. The van der Waals surface area contributed by atoms with E-state index in [0.717, 1.165) is 27.7 Å². The normalized spacial score (nSPS) is 11.1. The molecule has 0 aliphatic heterocycles. The number of aryl methyl sites for hydroxylation is 1. The molecule has 0 saturated heterocycles. The standard InChI is InChI=1S/C16H12N4O/c1-11-6-2-5-9-14(11)21-16-13-8-4-3-7-12(13)15-18-17-10-20(15)19-16/h2-10H,1H3. The van der Waals surface area contributed by atoms with Crippen LogP contribution in [0.25, 0.3) is 16.4 Å². The molecule has 5 nitrogen and oxygen atoms in total. The molecule has 0 fully saturated rings. The number of nitrogens with zero attached hydrogens (tertiary/aromatic N) is 4. The Hall–Kier alpha value is -2.95. The smallest absolute Gasteiger partial charge is 0.245 e. The van der Waals surface area contributed by atoms with Gasteiger partial charge in [-0.1, -0.05) is 36.4 Å². The van der Waals surface area contributed by atoms with Gasteiger partial charge in [-0.2, -0.15) is 4.52 Å². The highest BCUT2D eigenvalue weighted by atomic mass is 16.5. The largest absolute Gasteiger partial charge is 0.437 e. The molecule has 0 amide bonds. The van der Waals surface area contributed by atoms with Gasteiger partial charge in [-0.25, -0.2) is 0 Å². The summed E-state index contributed by atoms with van der Waals surface area (Å²) in [6.45, 7) is 2.01. The van der Waals surface area contributed by atoms with Crippen LogP contribution in [-0.4, -0.2) is 19.8 Å². The van der Waals surface area contributed by atoms with Crippen LogP contribution in [0.5, 0.6) is 11.6 Å². The van der Waals surface area contributed by atoms with Crippen LogP contribution in [0.1, 0.15) is 5.56 Å². The minimum atomic E-state index is 0.548. The second kappa shape index (κ2) is 4.56. The first kappa shape index (κ1) is 11.8. The number of rotatable bonds is 2. The molecule has 0 N–H and O–H groups in total. The lowest BCUT2D eigenvalue weighted by atomic mass is 10.2. The molecule has 0 unspecified atom stereocenters. The molecule has 0 atom stereocenters. The third-order valence-corrected chi connectivity index (χ3v) is 3.43. The Kier molecular flexibility index (Phi) is 2.57. The molecule has 0 radical (unpaired) electrons. The Balaban J connectivity index is 1.96. The lowest BCUT2D eigenvalue weighted by Crippen LogP contribution is -1.98. The molecule has 0 saturated carbocycles. The van der Waals surface area contributed by atoms with Crippen molar-refractivity contribution < 1.29 is 4.74 Å². The summed E-state index contributed by atoms with van der Waals surface area (Å²) < 4.78 is 7.65. The van der Waals surface area contributed by atoms with E-state index >= 15 is 0 Å². The van der Waals surface area contributed by atoms with E-state index in [1.165, 1.54) is 0 Å². The third kappa shape index (κ3) is 1.90. The van der Waals surface area contributed by atoms with E-state index in [2.05, 4.69) is 15.3 Å². The van der Waals surface area contributed by atoms with E-state index in [1.807, 2.05) is 55.5 Å². The van der Waals surface area contributed by atoms with Crippen molar-refractivity contribution in [1.29, 1.82) is 0 Å². The molecule has 0 aliphatic rings. The number of hydrogen-bond acceptors (Lipinski definition) is 4. The first-order valence-electron chi connectivity index (χ1n) is 6.65. The molecule has 2 aromatic carbocycles. The maximum Gasteiger partial charge on any atom is 0.245 e. The fourth-order valence-corrected chi connectivity index (χ4v) is 2.35. The van der Waals surface area contributed by atoms with Crippen LogP contribution in [0, 0.1) is 6.92 Å². The Bertz CT molecular complexity index is 945. The maximum absolute atomic E-state index is 6.01. The van der Waals surface area contributed by atoms with Gasteiger partial charge in [-0.3, -0.25) is 0 Å². The molecule has 0 aliphatic carbocycles. The summed E-state index contributed by atoms with van der Waals surface area (Å²) in [4.78, 5) is 0. The van der Waals surface area contributed by atoms with E-state index < -0.39 is 0 Å². The third-order valence-electron chi connectivity index (χ3n) is 3.43. The predicted octanol–water partition coefficient (Wildman–Crippen LogP) is 3.38. The molecule has 21 heavy (non-hydrogen) atoms. The van der Waals surface area contributed by atoms with Gasteiger partial charge in [0.2, 0.25) is 5.88 Å². The summed E-state index contributed by atoms with van der Waals surface area (Å²) in [6.07, 6.45) is 1.58. The summed E-state index contributed by atoms with van der Waals surface area (Å²) in [5.74, 6) is 1.34. The van der Waals surface area contributed by atoms with Gasteiger partial charge in [-0.15, -0.1) is 15.3 Å². The van der Waals surface area contributed by atoms with Gasteiger partial charge in [0.25, 0.3) is 0 Å². The number of ether oxygens (including phenoxy) is 1. The maximum atomic E-state index is 6.01. The molecule has 102 valence electrons. The van der Waals surface area contributed by atoms with E-state index in [9.17, 15) is 0 Å². The number of aromatic nitrogens is 4. The van der Waals surface area contributed by atoms with E-state index in [1.54, 1.807) is 10.8 Å². The van der Waals surface area contributed by atoms with Gasteiger partial charge in [0, 0.05) is 10.8 Å². The molecule has 0 bridgehead atoms. The van der Waals surface area contributed by atoms with Crippen molar-refractivity contribution in [3.05, 3.63) is 60.4 Å². The molecule has 4 rings (SSSR count). The summed E-state index contributed by atoms with van der Waals surface area (Å²) in [5.41, 5.74) is 1.79. The lowest BCUT2D eigenvalue weighted by molar-refractivity contribution is 0.456. The number of hydrogen-bond donors (Lipinski definition) is 0. The van der Waals surface area contributed by atoms with Crippen molar-refractivity contribution in [3.8, 4) is 11.6 Å². The van der Waals surface area contributed by atoms with Crippen molar-refractivity contribution >= 4 is 16.4 Å². The van der Waals surface area contributed by atoms with Crippen molar-refractivity contribution in [2.75, 3.05) is 0 Å². The number of para-hydroxylation sites is 1. The predicted molar refractivity (Wildman–Crippen MR) is 79.5 cm³/mol. The molecular weight excluding hydrogens is 264 g/mol. The Morgan fingerprint density at radius 3 is 2.57 bits per heavy atom. The highest BCUT2D eigenvalue weighted by Crippen LogP contribution is 2.30. The average Bonchev–Trinajstić information content (AvgIpc) is 2.98. The quantitative estimate of drug-likeness (QED) is 0.563. The fourth-order valence-electron chi connectivity index (χ4n) is 2.35. The number of benzene rings is 2. The van der Waals surface area contributed by atoms with Crippen LogP contribution in [0.15, 0.2) is 54.9 Å². The zero-order chi connectivity index (χ0) is 14.2. The van der Waals surface area contributed by atoms with Crippen LogP contribution in [0.4, 0.5) is 0 Å². The van der Waals surface area contributed by atoms with Crippen LogP contribution in [0.2, 0.25) is 0 Å². The molecule has 2 aromatic heterocycles. The highest BCUT2D eigenvalue weighted by molar-refractivity contribution is 5.96. The summed E-state index contributed by atoms with van der Waals surface area (Å²) in [7, 11) is 0. The van der Waals surface area contributed by atoms with Gasteiger partial charge in [0.1, 0.15) is 12.1 Å². The molecule has 0 spiro atoms. The fraction of sp³-hybridized carbons (Fsp3) is 0.0625. The Morgan fingerprint density at radius 1 is 0.952 bits per heavy atom. The van der Waals surface area contributed by atoms with Gasteiger partial charge in [-0.05, 0) is 24.6 Å². The number of fused-ring (bicyclic) bond motifs is 3. The van der Waals surface area contributed by atoms with E-state index in [-0.39, 0.29) is 0 Å². The van der Waals surface area contributed by atoms with Crippen molar-refractivity contribution in [1.82, 2.24) is 19.8 Å². The summed E-state index contributed by atoms with van der Waals surface area (Å²) in [5, 5.41) is 14.4. The molecule has 4 aromatic rings. The highest BCUT2D eigenvalue weighted by Gasteiger charge is 2.12. The molecule has 2 heterocycles. The van der Waals surface area contributed by atoms with Crippen LogP contribution in [0.3, 0.4) is 0 Å². The Labute approximate surface area is 120 Å². The van der Waals surface area contributed by atoms with Crippen LogP contribution in [-0.2, 0) is 0 Å². The topological polar surface area (TPSA) is 52.3 Å². The van der Waals surface area contributed by atoms with Gasteiger partial charge in [0.15, 0.2) is 5.65 Å². The average molecular weight is 276 g/mol. The van der Waals surface area contributed by atoms with Gasteiger partial charge < -0.3 is 4.74 Å². The van der Waals surface area contributed by atoms with Crippen LogP contribution >= 0.6 is 0 Å². The Morgan fingerprint density at radius 2 is 1.71 bits per heavy atom. The zero-order valence-corrected chi connectivity index (χ0v) is 11.4. The summed E-state index contributed by atoms with van der Waals surface area (Å²) >= 11 is 0. The lowest BCUT2D eigenvalue weighted by Gasteiger charge is -2.10. The van der Waals surface area contributed by atoms with Gasteiger partial charge >= 0.3 is 0 Å². The SMILES string of the molecule is Cc1ccccc1Oc1nn2cnnc2c2ccccc12. The van der Waals surface area contributed by atoms with Crippen molar-refractivity contribution in [2.45, 2.75) is 6.92 Å². The first-order chi connectivity index (χ1) is 10.3. The molecular formula is C16H12N4O. The van der Waals surface area contributed by atoms with Crippen molar-refractivity contribution in [3.63, 3.8) is 0 Å². The second-order valence-corrected chi connectivity index (χ2v) is 4.82. The zero-order valence-electron chi connectivity index (χ0n) is 11.4. The second-order valence-electron chi connectivity index (χ2n) is 4.82. The van der Waals surface area contributed by atoms with Crippen molar-refractivity contribution in [2.24, 2.45) is 0 Å².